The zero-order chi connectivity index (χ0) is 3.41. The Balaban J connectivity index is 0. The zero-order valence-electron chi connectivity index (χ0n) is 3.23. The summed E-state index contributed by atoms with van der Waals surface area (Å²) >= 11 is 0.606. The predicted octanol–water partition coefficient (Wildman–Crippen LogP) is 0.432. The second-order valence-electron chi connectivity index (χ2n) is 0.407. The Morgan fingerprint density at radius 2 is 2.00 bits per heavy atom. The van der Waals surface area contributed by atoms with Gasteiger partial charge in [-0.1, -0.05) is 0 Å². The molecule has 0 fully saturated rings. The molecule has 0 aliphatic rings. The standard InChI is InChI=1S/C2H5OS.Zn/c1-2-4-3;/h2H2,1H3;/q+1;. The molecule has 1 nitrogen and oxygen atoms in total. The largest absolute Gasteiger partial charge is 0.458 e. The van der Waals surface area contributed by atoms with Crippen molar-refractivity contribution in [2.75, 3.05) is 5.75 Å². The quantitative estimate of drug-likeness (QED) is 0.383. The molecule has 0 aliphatic carbocycles. The molecule has 0 unspecified atom stereocenters. The van der Waals surface area contributed by atoms with E-state index in [1.165, 1.54) is 0 Å². The van der Waals surface area contributed by atoms with Crippen LogP contribution in [0.3, 0.4) is 0 Å². The Morgan fingerprint density at radius 3 is 2.00 bits per heavy atom. The number of rotatable bonds is 1. The summed E-state index contributed by atoms with van der Waals surface area (Å²) in [7, 11) is 0. The topological polar surface area (TPSA) is 17.1 Å². The maximum absolute atomic E-state index is 9.22. The molecule has 5 heavy (non-hydrogen) atoms. The van der Waals surface area contributed by atoms with E-state index < -0.39 is 0 Å². The SMILES string of the molecule is CC[S+]=O.[Zn]. The second-order valence-corrected chi connectivity index (χ2v) is 1.22. The molecule has 0 spiro atoms. The first-order chi connectivity index (χ1) is 1.91. The molecule has 0 N–H and O–H groups in total. The van der Waals surface area contributed by atoms with E-state index >= 15 is 0 Å². The molecule has 0 bridgehead atoms. The van der Waals surface area contributed by atoms with Crippen LogP contribution in [0.2, 0.25) is 0 Å². The van der Waals surface area contributed by atoms with Crippen LogP contribution in [0.4, 0.5) is 0 Å². The minimum Gasteiger partial charge on any atom is -0.00571 e. The van der Waals surface area contributed by atoms with Crippen LogP contribution in [0.25, 0.3) is 0 Å². The number of hydrogen-bond donors (Lipinski definition) is 0. The van der Waals surface area contributed by atoms with E-state index in [0.29, 0.717) is 17.4 Å². The van der Waals surface area contributed by atoms with Crippen LogP contribution in [0, 0.1) is 0 Å². The van der Waals surface area contributed by atoms with E-state index in [2.05, 4.69) is 0 Å². The first-order valence-corrected chi connectivity index (χ1v) is 2.07. The third-order valence-electron chi connectivity index (χ3n) is 0.118. The van der Waals surface area contributed by atoms with Crippen LogP contribution in [-0.4, -0.2) is 5.75 Å². The third kappa shape index (κ3) is 12.0. The van der Waals surface area contributed by atoms with E-state index in [1.807, 2.05) is 6.92 Å². The monoisotopic (exact) mass is 141 g/mol. The maximum Gasteiger partial charge on any atom is 0.458 e. The normalized spacial score (nSPS) is 5.00. The van der Waals surface area contributed by atoms with E-state index in [0.717, 1.165) is 0 Å². The molecule has 0 rings (SSSR count). The van der Waals surface area contributed by atoms with Crippen LogP contribution in [0.15, 0.2) is 0 Å². The smallest absolute Gasteiger partial charge is 0.00571 e. The van der Waals surface area contributed by atoms with Crippen LogP contribution in [0.1, 0.15) is 6.92 Å². The van der Waals surface area contributed by atoms with Gasteiger partial charge in [-0.25, -0.2) is 0 Å². The van der Waals surface area contributed by atoms with Gasteiger partial charge in [0.05, 0.1) is 0 Å². The molecule has 0 aromatic heterocycles. The molecule has 0 saturated heterocycles. The van der Waals surface area contributed by atoms with Gasteiger partial charge in [0.1, 0.15) is 0 Å². The molecule has 0 aliphatic heterocycles. The predicted molar refractivity (Wildman–Crippen MR) is 18.6 cm³/mol. The van der Waals surface area contributed by atoms with E-state index in [9.17, 15) is 4.21 Å². The van der Waals surface area contributed by atoms with Crippen LogP contribution >= 0.6 is 0 Å². The first kappa shape index (κ1) is 9.17. The summed E-state index contributed by atoms with van der Waals surface area (Å²) in [5, 5.41) is 0. The van der Waals surface area contributed by atoms with Crippen molar-refractivity contribution in [1.82, 2.24) is 0 Å². The Bertz CT molecular complexity index is 23.6. The minimum atomic E-state index is 0. The summed E-state index contributed by atoms with van der Waals surface area (Å²) in [5.41, 5.74) is 0. The maximum atomic E-state index is 9.22. The average Bonchev–Trinajstić information content (AvgIpc) is 1.37. The molecule has 0 saturated carbocycles. The summed E-state index contributed by atoms with van der Waals surface area (Å²) in [4.78, 5) is 0. The van der Waals surface area contributed by atoms with Gasteiger partial charge < -0.3 is 0 Å². The van der Waals surface area contributed by atoms with Gasteiger partial charge in [-0.05, 0) is 6.92 Å². The summed E-state index contributed by atoms with van der Waals surface area (Å²) in [5.74, 6) is 0.681. The third-order valence-corrected chi connectivity index (χ3v) is 0.354. The molecule has 0 aromatic carbocycles. The van der Waals surface area contributed by atoms with Gasteiger partial charge in [-0.3, -0.25) is 0 Å². The zero-order valence-corrected chi connectivity index (χ0v) is 7.01. The van der Waals surface area contributed by atoms with E-state index in [4.69, 9.17) is 0 Å². The molecule has 0 heterocycles. The molecule has 0 radical (unpaired) electrons. The van der Waals surface area contributed by atoms with Crippen molar-refractivity contribution in [2.24, 2.45) is 0 Å². The van der Waals surface area contributed by atoms with Crippen molar-refractivity contribution >= 4 is 11.7 Å². The summed E-state index contributed by atoms with van der Waals surface area (Å²) in [6.45, 7) is 1.83. The second kappa shape index (κ2) is 8.82. The fourth-order valence-corrected chi connectivity index (χ4v) is 0. The van der Waals surface area contributed by atoms with Gasteiger partial charge in [0.25, 0.3) is 0 Å². The van der Waals surface area contributed by atoms with Crippen LogP contribution in [-0.2, 0) is 35.4 Å². The van der Waals surface area contributed by atoms with Gasteiger partial charge in [-0.15, -0.1) is 0 Å². The number of hydrogen-bond acceptors (Lipinski definition) is 1. The molecule has 3 heteroatoms. The van der Waals surface area contributed by atoms with Gasteiger partial charge in [-0.2, -0.15) is 0 Å². The van der Waals surface area contributed by atoms with Crippen LogP contribution in [0.5, 0.6) is 0 Å². The molecular weight excluding hydrogens is 137 g/mol. The van der Waals surface area contributed by atoms with Crippen molar-refractivity contribution in [3.05, 3.63) is 0 Å². The Kier molecular flexibility index (Phi) is 16.2. The molecular formula is C2H5OSZn+. The fraction of sp³-hybridized carbons (Fsp3) is 1.00. The van der Waals surface area contributed by atoms with Crippen molar-refractivity contribution in [1.29, 1.82) is 0 Å². The Hall–Kier alpha value is 0.643. The minimum absolute atomic E-state index is 0. The Labute approximate surface area is 48.4 Å². The van der Waals surface area contributed by atoms with Gasteiger partial charge in [0.2, 0.25) is 5.75 Å². The first-order valence-electron chi connectivity index (χ1n) is 1.16. The van der Waals surface area contributed by atoms with Crippen LogP contribution < -0.4 is 0 Å². The van der Waals surface area contributed by atoms with Gasteiger partial charge in [0, 0.05) is 23.7 Å². The van der Waals surface area contributed by atoms with Crippen molar-refractivity contribution < 1.29 is 23.7 Å². The van der Waals surface area contributed by atoms with Crippen molar-refractivity contribution in [3.63, 3.8) is 0 Å². The van der Waals surface area contributed by atoms with E-state index in [-0.39, 0.29) is 19.5 Å². The van der Waals surface area contributed by atoms with Crippen molar-refractivity contribution in [3.8, 4) is 0 Å². The van der Waals surface area contributed by atoms with Crippen molar-refractivity contribution in [2.45, 2.75) is 6.92 Å². The molecule has 0 atom stereocenters. The average molecular weight is 143 g/mol. The summed E-state index contributed by atoms with van der Waals surface area (Å²) in [6, 6.07) is 0. The van der Waals surface area contributed by atoms with Gasteiger partial charge in [0.15, 0.2) is 0 Å². The molecule has 26 valence electrons. The Morgan fingerprint density at radius 1 is 1.80 bits per heavy atom. The van der Waals surface area contributed by atoms with Gasteiger partial charge >= 0.3 is 11.7 Å². The molecule has 0 aromatic rings. The fourth-order valence-electron chi connectivity index (χ4n) is 0. The molecule has 0 amide bonds. The van der Waals surface area contributed by atoms with E-state index in [1.54, 1.807) is 0 Å². The summed E-state index contributed by atoms with van der Waals surface area (Å²) in [6.07, 6.45) is 0. The summed E-state index contributed by atoms with van der Waals surface area (Å²) < 4.78 is 9.22.